The van der Waals surface area contributed by atoms with E-state index in [1.165, 1.54) is 6.07 Å². The van der Waals surface area contributed by atoms with E-state index in [-0.39, 0.29) is 18.5 Å². The van der Waals surface area contributed by atoms with Crippen LogP contribution in [0.1, 0.15) is 29.9 Å². The van der Waals surface area contributed by atoms with E-state index in [9.17, 15) is 0 Å². The first-order chi connectivity index (χ1) is 16.9. The van der Waals surface area contributed by atoms with E-state index in [1.54, 1.807) is 12.4 Å². The molecule has 0 spiro atoms. The Balaban J connectivity index is 1.35. The number of halogens is 2. The standard InChI is InChI=1S/C26H26BrFN6O/c1-15-24-26(31-16(2)30-15)34(25(32-24)19-9-20(27)12-29-11-19)13-18-3-4-21(10-22(18)28)35-23-14-33-7-5-17(23)6-8-33/h3-4,9-12,17,23H,5-8,13-14H2,1-2H3/t23-/m1/s1. The molecule has 3 aromatic heterocycles. The Labute approximate surface area is 211 Å². The Bertz CT molecular complexity index is 1410. The lowest BCUT2D eigenvalue weighted by Gasteiger charge is -2.44. The number of pyridine rings is 1. The van der Waals surface area contributed by atoms with E-state index in [4.69, 9.17) is 9.72 Å². The molecule has 0 unspecified atom stereocenters. The average Bonchev–Trinajstić information content (AvgIpc) is 3.20. The summed E-state index contributed by atoms with van der Waals surface area (Å²) in [7, 11) is 0. The fourth-order valence-electron chi connectivity index (χ4n) is 5.30. The Morgan fingerprint density at radius 3 is 2.63 bits per heavy atom. The van der Waals surface area contributed by atoms with Gasteiger partial charge in [0.2, 0.25) is 0 Å². The van der Waals surface area contributed by atoms with Crippen LogP contribution in [0.25, 0.3) is 22.6 Å². The van der Waals surface area contributed by atoms with E-state index >= 15 is 4.39 Å². The largest absolute Gasteiger partial charge is 0.489 e. The van der Waals surface area contributed by atoms with Crippen molar-refractivity contribution >= 4 is 27.1 Å². The summed E-state index contributed by atoms with van der Waals surface area (Å²) in [6.07, 6.45) is 5.93. The predicted molar refractivity (Wildman–Crippen MR) is 135 cm³/mol. The number of hydrogen-bond acceptors (Lipinski definition) is 6. The molecule has 0 N–H and O–H groups in total. The van der Waals surface area contributed by atoms with Crippen LogP contribution < -0.4 is 4.74 Å². The SMILES string of the molecule is Cc1nc(C)c2nc(-c3cncc(Br)c3)n(Cc3ccc(O[C@@H]4CN5CCC4CC5)cc3F)c2n1. The van der Waals surface area contributed by atoms with Crippen LogP contribution in [0.2, 0.25) is 0 Å². The highest BCUT2D eigenvalue weighted by Gasteiger charge is 2.35. The molecule has 0 aliphatic carbocycles. The van der Waals surface area contributed by atoms with Crippen LogP contribution >= 0.6 is 15.9 Å². The summed E-state index contributed by atoms with van der Waals surface area (Å²) in [6.45, 7) is 7.27. The molecule has 180 valence electrons. The predicted octanol–water partition coefficient (Wildman–Crippen LogP) is 4.93. The summed E-state index contributed by atoms with van der Waals surface area (Å²) in [5.74, 6) is 2.17. The fraction of sp³-hybridized carbons (Fsp3) is 0.385. The third-order valence-corrected chi connectivity index (χ3v) is 7.51. The number of fused-ring (bicyclic) bond motifs is 4. The number of hydrogen-bond donors (Lipinski definition) is 0. The van der Waals surface area contributed by atoms with Gasteiger partial charge < -0.3 is 9.30 Å². The average molecular weight is 537 g/mol. The van der Waals surface area contributed by atoms with Gasteiger partial charge in [0.25, 0.3) is 0 Å². The minimum Gasteiger partial charge on any atom is -0.489 e. The normalized spacial score (nSPS) is 21.5. The van der Waals surface area contributed by atoms with Gasteiger partial charge in [-0.3, -0.25) is 9.88 Å². The lowest BCUT2D eigenvalue weighted by molar-refractivity contribution is -0.00789. The minimum atomic E-state index is -0.300. The molecule has 0 saturated carbocycles. The van der Waals surface area contributed by atoms with E-state index < -0.39 is 0 Å². The Hall–Kier alpha value is -2.91. The molecule has 3 saturated heterocycles. The summed E-state index contributed by atoms with van der Waals surface area (Å²) in [5, 5.41) is 0. The molecule has 0 amide bonds. The fourth-order valence-corrected chi connectivity index (χ4v) is 5.66. The lowest BCUT2D eigenvalue weighted by atomic mass is 9.86. The second-order valence-electron chi connectivity index (χ2n) is 9.49. The van der Waals surface area contributed by atoms with Gasteiger partial charge in [-0.15, -0.1) is 0 Å². The first-order valence-corrected chi connectivity index (χ1v) is 12.7. The second-order valence-corrected chi connectivity index (χ2v) is 10.4. The van der Waals surface area contributed by atoms with Crippen LogP contribution in [-0.2, 0) is 6.54 Å². The van der Waals surface area contributed by atoms with Crippen molar-refractivity contribution in [3.63, 3.8) is 0 Å². The van der Waals surface area contributed by atoms with Crippen LogP contribution in [0.15, 0.2) is 41.1 Å². The van der Waals surface area contributed by atoms with Crippen LogP contribution in [0, 0.1) is 25.6 Å². The molecule has 7 nitrogen and oxygen atoms in total. The van der Waals surface area contributed by atoms with Gasteiger partial charge in [0.15, 0.2) is 5.65 Å². The topological polar surface area (TPSA) is 69.0 Å². The molecule has 3 aliphatic heterocycles. The van der Waals surface area contributed by atoms with Crippen LogP contribution in [0.5, 0.6) is 5.75 Å². The third-order valence-electron chi connectivity index (χ3n) is 7.08. The van der Waals surface area contributed by atoms with Crippen molar-refractivity contribution < 1.29 is 9.13 Å². The maximum atomic E-state index is 15.4. The third kappa shape index (κ3) is 4.31. The van der Waals surface area contributed by atoms with Crippen molar-refractivity contribution in [2.45, 2.75) is 39.3 Å². The lowest BCUT2D eigenvalue weighted by Crippen LogP contribution is -2.52. The van der Waals surface area contributed by atoms with Crippen molar-refractivity contribution in [3.8, 4) is 17.1 Å². The zero-order valence-corrected chi connectivity index (χ0v) is 21.3. The van der Waals surface area contributed by atoms with Crippen LogP contribution in [0.3, 0.4) is 0 Å². The van der Waals surface area contributed by atoms with Crippen molar-refractivity contribution in [1.29, 1.82) is 0 Å². The van der Waals surface area contributed by atoms with E-state index in [0.29, 0.717) is 40.0 Å². The molecule has 1 atom stereocenters. The van der Waals surface area contributed by atoms with Gasteiger partial charge in [0.1, 0.15) is 34.8 Å². The highest BCUT2D eigenvalue weighted by atomic mass is 79.9. The molecule has 3 aliphatic rings. The summed E-state index contributed by atoms with van der Waals surface area (Å²) < 4.78 is 24.4. The van der Waals surface area contributed by atoms with E-state index in [1.807, 2.05) is 36.6 Å². The van der Waals surface area contributed by atoms with E-state index in [0.717, 1.165) is 48.2 Å². The van der Waals surface area contributed by atoms with Gasteiger partial charge in [-0.05, 0) is 73.8 Å². The molecule has 0 radical (unpaired) electrons. The maximum Gasteiger partial charge on any atom is 0.164 e. The number of aromatic nitrogens is 5. The van der Waals surface area contributed by atoms with Gasteiger partial charge in [-0.2, -0.15) is 0 Å². The van der Waals surface area contributed by atoms with Crippen molar-refractivity contribution in [2.75, 3.05) is 19.6 Å². The quantitative estimate of drug-likeness (QED) is 0.360. The second kappa shape index (κ2) is 8.95. The van der Waals surface area contributed by atoms with Crippen LogP contribution in [0.4, 0.5) is 4.39 Å². The van der Waals surface area contributed by atoms with Gasteiger partial charge in [-0.1, -0.05) is 6.07 Å². The Morgan fingerprint density at radius 1 is 1.09 bits per heavy atom. The molecule has 3 fully saturated rings. The number of benzene rings is 1. The molecular weight excluding hydrogens is 511 g/mol. The number of nitrogens with zero attached hydrogens (tertiary/aromatic N) is 6. The van der Waals surface area contributed by atoms with E-state index in [2.05, 4.69) is 35.8 Å². The molecule has 2 bridgehead atoms. The molecule has 1 aromatic carbocycles. The number of rotatable bonds is 5. The number of aryl methyl sites for hydroxylation is 2. The summed E-state index contributed by atoms with van der Waals surface area (Å²) in [5.41, 5.74) is 3.53. The molecular formula is C26H26BrFN6O. The first-order valence-electron chi connectivity index (χ1n) is 11.9. The molecule has 4 aromatic rings. The highest BCUT2D eigenvalue weighted by Crippen LogP contribution is 2.32. The van der Waals surface area contributed by atoms with Gasteiger partial charge in [0, 0.05) is 40.6 Å². The number of piperidine rings is 3. The minimum absolute atomic E-state index is 0.138. The van der Waals surface area contributed by atoms with Crippen molar-refractivity contribution in [2.24, 2.45) is 5.92 Å². The number of imidazole rings is 1. The van der Waals surface area contributed by atoms with Crippen molar-refractivity contribution in [3.05, 3.63) is 64.0 Å². The monoisotopic (exact) mass is 536 g/mol. The van der Waals surface area contributed by atoms with Crippen LogP contribution in [-0.4, -0.2) is 55.1 Å². The first kappa shape index (κ1) is 22.5. The van der Waals surface area contributed by atoms with Gasteiger partial charge in [0.05, 0.1) is 12.2 Å². The number of ether oxygens (including phenoxy) is 1. The molecule has 9 heteroatoms. The van der Waals surface area contributed by atoms with Gasteiger partial charge >= 0.3 is 0 Å². The zero-order valence-electron chi connectivity index (χ0n) is 19.7. The Morgan fingerprint density at radius 2 is 1.91 bits per heavy atom. The van der Waals surface area contributed by atoms with Crippen molar-refractivity contribution in [1.82, 2.24) is 29.4 Å². The summed E-state index contributed by atoms with van der Waals surface area (Å²) in [6, 6.07) is 7.14. The maximum absolute atomic E-state index is 15.4. The smallest absolute Gasteiger partial charge is 0.164 e. The molecule has 35 heavy (non-hydrogen) atoms. The zero-order chi connectivity index (χ0) is 24.1. The summed E-state index contributed by atoms with van der Waals surface area (Å²) >= 11 is 3.49. The van der Waals surface area contributed by atoms with Gasteiger partial charge in [-0.25, -0.2) is 19.3 Å². The highest BCUT2D eigenvalue weighted by molar-refractivity contribution is 9.10. The molecule has 6 heterocycles. The Kier molecular flexibility index (Phi) is 5.76. The molecule has 7 rings (SSSR count). The summed E-state index contributed by atoms with van der Waals surface area (Å²) in [4.78, 5) is 20.7.